The second-order valence-corrected chi connectivity index (χ2v) is 7.05. The minimum Gasteiger partial charge on any atom is -0.388 e. The average molecular weight is 251 g/mol. The molecule has 18 heavy (non-hydrogen) atoms. The standard InChI is InChI=1S/C15H25NO2/c1-15(18)5-2-6-16(10-15)14(17)9-13-8-11-3-4-12(13)7-11/h11-13,18H,2-10H2,1H3. The summed E-state index contributed by atoms with van der Waals surface area (Å²) in [4.78, 5) is 14.2. The van der Waals surface area contributed by atoms with Crippen molar-refractivity contribution in [3.05, 3.63) is 0 Å². The molecule has 2 bridgehead atoms. The van der Waals surface area contributed by atoms with Gasteiger partial charge in [0, 0.05) is 19.5 Å². The maximum Gasteiger partial charge on any atom is 0.222 e. The first-order chi connectivity index (χ1) is 8.53. The average Bonchev–Trinajstić information content (AvgIpc) is 2.89. The molecule has 1 aliphatic heterocycles. The topological polar surface area (TPSA) is 40.5 Å². The Morgan fingerprint density at radius 2 is 2.22 bits per heavy atom. The molecule has 1 amide bonds. The summed E-state index contributed by atoms with van der Waals surface area (Å²) in [6.07, 6.45) is 7.89. The lowest BCUT2D eigenvalue weighted by molar-refractivity contribution is -0.138. The number of hydrogen-bond donors (Lipinski definition) is 1. The van der Waals surface area contributed by atoms with Crippen molar-refractivity contribution in [2.24, 2.45) is 17.8 Å². The lowest BCUT2D eigenvalue weighted by Gasteiger charge is -2.37. The van der Waals surface area contributed by atoms with Crippen LogP contribution in [0.25, 0.3) is 0 Å². The number of nitrogens with zero attached hydrogens (tertiary/aromatic N) is 1. The fourth-order valence-electron chi connectivity index (χ4n) is 4.41. The number of fused-ring (bicyclic) bond motifs is 2. The first-order valence-electron chi connectivity index (χ1n) is 7.54. The van der Waals surface area contributed by atoms with Gasteiger partial charge in [0.15, 0.2) is 0 Å². The molecular formula is C15H25NO2. The Hall–Kier alpha value is -0.570. The molecule has 0 aromatic rings. The van der Waals surface area contributed by atoms with Gasteiger partial charge in [-0.05, 0) is 56.8 Å². The fourth-order valence-corrected chi connectivity index (χ4v) is 4.41. The summed E-state index contributed by atoms with van der Waals surface area (Å²) in [5.41, 5.74) is -0.664. The highest BCUT2D eigenvalue weighted by atomic mass is 16.3. The van der Waals surface area contributed by atoms with E-state index >= 15 is 0 Å². The minimum absolute atomic E-state index is 0.285. The van der Waals surface area contributed by atoms with Gasteiger partial charge >= 0.3 is 0 Å². The third-order valence-electron chi connectivity index (χ3n) is 5.35. The van der Waals surface area contributed by atoms with Gasteiger partial charge in [-0.3, -0.25) is 4.79 Å². The zero-order valence-electron chi connectivity index (χ0n) is 11.4. The monoisotopic (exact) mass is 251 g/mol. The van der Waals surface area contributed by atoms with Crippen LogP contribution in [0.5, 0.6) is 0 Å². The molecule has 3 fully saturated rings. The maximum atomic E-state index is 12.3. The van der Waals surface area contributed by atoms with Gasteiger partial charge in [0.2, 0.25) is 5.91 Å². The molecule has 3 aliphatic rings. The van der Waals surface area contributed by atoms with E-state index in [1.54, 1.807) is 0 Å². The maximum absolute atomic E-state index is 12.3. The van der Waals surface area contributed by atoms with Crippen molar-refractivity contribution in [2.75, 3.05) is 13.1 Å². The normalized spacial score (nSPS) is 43.4. The Balaban J connectivity index is 1.55. The number of hydrogen-bond acceptors (Lipinski definition) is 2. The van der Waals surface area contributed by atoms with Crippen LogP contribution >= 0.6 is 0 Å². The van der Waals surface area contributed by atoms with E-state index in [2.05, 4.69) is 0 Å². The second kappa shape index (κ2) is 4.52. The van der Waals surface area contributed by atoms with Gasteiger partial charge in [-0.25, -0.2) is 0 Å². The van der Waals surface area contributed by atoms with E-state index in [1.165, 1.54) is 25.7 Å². The van der Waals surface area contributed by atoms with E-state index in [0.717, 1.165) is 37.6 Å². The molecule has 2 saturated carbocycles. The first-order valence-corrected chi connectivity index (χ1v) is 7.54. The zero-order chi connectivity index (χ0) is 12.8. The van der Waals surface area contributed by atoms with Crippen LogP contribution in [0.4, 0.5) is 0 Å². The van der Waals surface area contributed by atoms with Crippen LogP contribution in [-0.2, 0) is 4.79 Å². The fraction of sp³-hybridized carbons (Fsp3) is 0.933. The molecule has 3 rings (SSSR count). The molecule has 102 valence electrons. The zero-order valence-corrected chi connectivity index (χ0v) is 11.4. The minimum atomic E-state index is -0.664. The lowest BCUT2D eigenvalue weighted by Crippen LogP contribution is -2.49. The molecule has 4 atom stereocenters. The molecule has 0 aromatic carbocycles. The molecular weight excluding hydrogens is 226 g/mol. The van der Waals surface area contributed by atoms with Crippen molar-refractivity contribution in [3.63, 3.8) is 0 Å². The van der Waals surface area contributed by atoms with Crippen LogP contribution < -0.4 is 0 Å². The Kier molecular flexibility index (Phi) is 3.13. The Morgan fingerprint density at radius 3 is 2.83 bits per heavy atom. The quantitative estimate of drug-likeness (QED) is 0.817. The van der Waals surface area contributed by atoms with Crippen LogP contribution in [0.1, 0.15) is 51.9 Å². The summed E-state index contributed by atoms with van der Waals surface area (Å²) in [6, 6.07) is 0. The van der Waals surface area contributed by atoms with E-state index in [-0.39, 0.29) is 5.91 Å². The van der Waals surface area contributed by atoms with Crippen LogP contribution in [0.2, 0.25) is 0 Å². The summed E-state index contributed by atoms with van der Waals surface area (Å²) >= 11 is 0. The lowest BCUT2D eigenvalue weighted by atomic mass is 9.85. The molecule has 0 radical (unpaired) electrons. The highest BCUT2D eigenvalue weighted by molar-refractivity contribution is 5.76. The second-order valence-electron chi connectivity index (χ2n) is 7.05. The highest BCUT2D eigenvalue weighted by Gasteiger charge is 2.41. The van der Waals surface area contributed by atoms with Crippen molar-refractivity contribution in [3.8, 4) is 0 Å². The van der Waals surface area contributed by atoms with Gasteiger partial charge in [0.1, 0.15) is 0 Å². The number of rotatable bonds is 2. The van der Waals surface area contributed by atoms with Crippen LogP contribution in [0.3, 0.4) is 0 Å². The third kappa shape index (κ3) is 2.42. The van der Waals surface area contributed by atoms with Crippen LogP contribution in [-0.4, -0.2) is 34.6 Å². The Morgan fingerprint density at radius 1 is 1.39 bits per heavy atom. The number of amides is 1. The number of carbonyl (C=O) groups excluding carboxylic acids is 1. The van der Waals surface area contributed by atoms with Gasteiger partial charge < -0.3 is 10.0 Å². The predicted octanol–water partition coefficient (Wildman–Crippen LogP) is 2.19. The van der Waals surface area contributed by atoms with Crippen LogP contribution in [0.15, 0.2) is 0 Å². The smallest absolute Gasteiger partial charge is 0.222 e. The number of carbonyl (C=O) groups is 1. The predicted molar refractivity (Wildman–Crippen MR) is 70.0 cm³/mol. The molecule has 3 nitrogen and oxygen atoms in total. The Labute approximate surface area is 110 Å². The molecule has 4 unspecified atom stereocenters. The number of likely N-dealkylation sites (tertiary alicyclic amines) is 1. The van der Waals surface area contributed by atoms with E-state index in [9.17, 15) is 9.90 Å². The molecule has 1 saturated heterocycles. The molecule has 2 aliphatic carbocycles. The van der Waals surface area contributed by atoms with E-state index in [1.807, 2.05) is 11.8 Å². The summed E-state index contributed by atoms with van der Waals surface area (Å²) in [5, 5.41) is 10.1. The van der Waals surface area contributed by atoms with Gasteiger partial charge in [-0.15, -0.1) is 0 Å². The highest BCUT2D eigenvalue weighted by Crippen LogP contribution is 2.49. The molecule has 1 N–H and O–H groups in total. The van der Waals surface area contributed by atoms with Gasteiger partial charge in [0.25, 0.3) is 0 Å². The van der Waals surface area contributed by atoms with E-state index in [0.29, 0.717) is 12.5 Å². The van der Waals surface area contributed by atoms with Crippen molar-refractivity contribution in [2.45, 2.75) is 57.5 Å². The van der Waals surface area contributed by atoms with E-state index in [4.69, 9.17) is 0 Å². The van der Waals surface area contributed by atoms with Gasteiger partial charge in [-0.2, -0.15) is 0 Å². The van der Waals surface area contributed by atoms with Gasteiger partial charge in [0.05, 0.1) is 5.60 Å². The summed E-state index contributed by atoms with van der Waals surface area (Å²) < 4.78 is 0. The van der Waals surface area contributed by atoms with Crippen LogP contribution in [0, 0.1) is 17.8 Å². The molecule has 3 heteroatoms. The molecule has 0 spiro atoms. The summed E-state index contributed by atoms with van der Waals surface area (Å²) in [7, 11) is 0. The molecule has 0 aromatic heterocycles. The van der Waals surface area contributed by atoms with Crippen molar-refractivity contribution in [1.29, 1.82) is 0 Å². The number of β-amino-alcohol motifs (C(OH)–C–C–N with tert-alkyl or cyclic N) is 1. The first kappa shape index (κ1) is 12.5. The summed E-state index contributed by atoms with van der Waals surface area (Å²) in [5.74, 6) is 2.66. The molecule has 1 heterocycles. The number of piperidine rings is 1. The number of aliphatic hydroxyl groups is 1. The van der Waals surface area contributed by atoms with E-state index < -0.39 is 5.60 Å². The third-order valence-corrected chi connectivity index (χ3v) is 5.35. The Bertz CT molecular complexity index is 339. The van der Waals surface area contributed by atoms with Crippen molar-refractivity contribution < 1.29 is 9.90 Å². The summed E-state index contributed by atoms with van der Waals surface area (Å²) in [6.45, 7) is 3.23. The van der Waals surface area contributed by atoms with Crippen molar-refractivity contribution in [1.82, 2.24) is 4.90 Å². The SMILES string of the molecule is CC1(O)CCCN(C(=O)CC2CC3CCC2C3)C1. The largest absolute Gasteiger partial charge is 0.388 e. The van der Waals surface area contributed by atoms with Gasteiger partial charge in [-0.1, -0.05) is 6.42 Å². The van der Waals surface area contributed by atoms with Crippen molar-refractivity contribution >= 4 is 5.91 Å².